The molecular formula is C13H22N2O. The molecule has 0 amide bonds. The molecule has 1 aromatic heterocycles. The van der Waals surface area contributed by atoms with Crippen molar-refractivity contribution in [3.05, 3.63) is 29.6 Å². The SMILES string of the molecule is Cc1cncc(CN(C)CCCCCO)c1. The van der Waals surface area contributed by atoms with Crippen molar-refractivity contribution in [2.24, 2.45) is 0 Å². The van der Waals surface area contributed by atoms with Gasteiger partial charge >= 0.3 is 0 Å². The predicted octanol–water partition coefficient (Wildman–Crippen LogP) is 1.98. The topological polar surface area (TPSA) is 36.4 Å². The first kappa shape index (κ1) is 13.1. The number of aliphatic hydroxyl groups excluding tert-OH is 1. The Bertz CT molecular complexity index is 302. The molecule has 16 heavy (non-hydrogen) atoms. The Labute approximate surface area is 98.1 Å². The van der Waals surface area contributed by atoms with Crippen molar-refractivity contribution in [3.8, 4) is 0 Å². The number of rotatable bonds is 7. The molecular weight excluding hydrogens is 200 g/mol. The molecule has 90 valence electrons. The Morgan fingerprint density at radius 1 is 1.25 bits per heavy atom. The lowest BCUT2D eigenvalue weighted by molar-refractivity contribution is 0.271. The number of hydrogen-bond acceptors (Lipinski definition) is 3. The Balaban J connectivity index is 2.25. The van der Waals surface area contributed by atoms with Crippen molar-refractivity contribution < 1.29 is 5.11 Å². The molecule has 0 aliphatic heterocycles. The molecule has 0 radical (unpaired) electrons. The highest BCUT2D eigenvalue weighted by molar-refractivity contribution is 5.16. The van der Waals surface area contributed by atoms with Crippen molar-refractivity contribution in [2.45, 2.75) is 32.7 Å². The van der Waals surface area contributed by atoms with Crippen LogP contribution in [0.5, 0.6) is 0 Å². The molecule has 0 saturated carbocycles. The summed E-state index contributed by atoms with van der Waals surface area (Å²) in [5.41, 5.74) is 2.48. The van der Waals surface area contributed by atoms with E-state index >= 15 is 0 Å². The van der Waals surface area contributed by atoms with Crippen molar-refractivity contribution in [1.29, 1.82) is 0 Å². The first-order valence-corrected chi connectivity index (χ1v) is 5.92. The standard InChI is InChI=1S/C13H22N2O/c1-12-8-13(10-14-9-12)11-15(2)6-4-3-5-7-16/h8-10,16H,3-7,11H2,1-2H3. The van der Waals surface area contributed by atoms with Crippen LogP contribution in [0.3, 0.4) is 0 Å². The molecule has 1 N–H and O–H groups in total. The lowest BCUT2D eigenvalue weighted by Crippen LogP contribution is -2.19. The fourth-order valence-electron chi connectivity index (χ4n) is 1.77. The minimum Gasteiger partial charge on any atom is -0.396 e. The second-order valence-electron chi connectivity index (χ2n) is 4.39. The summed E-state index contributed by atoms with van der Waals surface area (Å²) in [7, 11) is 2.13. The maximum Gasteiger partial charge on any atom is 0.0431 e. The summed E-state index contributed by atoms with van der Waals surface area (Å²) in [6.07, 6.45) is 6.98. The van der Waals surface area contributed by atoms with E-state index < -0.39 is 0 Å². The van der Waals surface area contributed by atoms with Crippen molar-refractivity contribution >= 4 is 0 Å². The van der Waals surface area contributed by atoms with E-state index in [9.17, 15) is 0 Å². The summed E-state index contributed by atoms with van der Waals surface area (Å²) in [5, 5.41) is 8.68. The Morgan fingerprint density at radius 2 is 2.06 bits per heavy atom. The number of aliphatic hydroxyl groups is 1. The second kappa shape index (κ2) is 7.36. The summed E-state index contributed by atoms with van der Waals surface area (Å²) in [6, 6.07) is 2.18. The number of pyridine rings is 1. The molecule has 0 atom stereocenters. The molecule has 0 saturated heterocycles. The summed E-state index contributed by atoms with van der Waals surface area (Å²) in [4.78, 5) is 6.49. The fraction of sp³-hybridized carbons (Fsp3) is 0.615. The summed E-state index contributed by atoms with van der Waals surface area (Å²) < 4.78 is 0. The molecule has 1 aromatic rings. The smallest absolute Gasteiger partial charge is 0.0431 e. The summed E-state index contributed by atoms with van der Waals surface area (Å²) >= 11 is 0. The van der Waals surface area contributed by atoms with Gasteiger partial charge in [-0.25, -0.2) is 0 Å². The Morgan fingerprint density at radius 3 is 2.75 bits per heavy atom. The van der Waals surface area contributed by atoms with Gasteiger partial charge in [0, 0.05) is 25.5 Å². The molecule has 0 aromatic carbocycles. The minimum absolute atomic E-state index is 0.311. The maximum atomic E-state index is 8.68. The van der Waals surface area contributed by atoms with Crippen LogP contribution < -0.4 is 0 Å². The van der Waals surface area contributed by atoms with Crippen LogP contribution in [-0.4, -0.2) is 35.2 Å². The first-order valence-electron chi connectivity index (χ1n) is 5.92. The third-order valence-corrected chi connectivity index (χ3v) is 2.58. The van der Waals surface area contributed by atoms with E-state index in [1.54, 1.807) is 0 Å². The van der Waals surface area contributed by atoms with Crippen LogP contribution >= 0.6 is 0 Å². The van der Waals surface area contributed by atoms with Gasteiger partial charge in [0.25, 0.3) is 0 Å². The molecule has 0 spiro atoms. The maximum absolute atomic E-state index is 8.68. The number of aryl methyl sites for hydroxylation is 1. The van der Waals surface area contributed by atoms with E-state index in [1.807, 2.05) is 12.4 Å². The van der Waals surface area contributed by atoms with Gasteiger partial charge in [-0.3, -0.25) is 4.98 Å². The second-order valence-corrected chi connectivity index (χ2v) is 4.39. The van der Waals surface area contributed by atoms with Gasteiger partial charge in [0.15, 0.2) is 0 Å². The number of hydrogen-bond donors (Lipinski definition) is 1. The lowest BCUT2D eigenvalue weighted by atomic mass is 10.2. The molecule has 3 nitrogen and oxygen atoms in total. The van der Waals surface area contributed by atoms with E-state index in [0.29, 0.717) is 6.61 Å². The predicted molar refractivity (Wildman–Crippen MR) is 66.2 cm³/mol. The summed E-state index contributed by atoms with van der Waals surface area (Å²) in [6.45, 7) is 4.41. The summed E-state index contributed by atoms with van der Waals surface area (Å²) in [5.74, 6) is 0. The van der Waals surface area contributed by atoms with Crippen molar-refractivity contribution in [2.75, 3.05) is 20.2 Å². The van der Waals surface area contributed by atoms with E-state index in [1.165, 1.54) is 11.1 Å². The molecule has 1 rings (SSSR count). The van der Waals surface area contributed by atoms with Crippen LogP contribution in [0.25, 0.3) is 0 Å². The lowest BCUT2D eigenvalue weighted by Gasteiger charge is -2.16. The van der Waals surface area contributed by atoms with Crippen molar-refractivity contribution in [1.82, 2.24) is 9.88 Å². The Kier molecular flexibility index (Phi) is 6.04. The highest BCUT2D eigenvalue weighted by atomic mass is 16.2. The average Bonchev–Trinajstić information content (AvgIpc) is 2.24. The molecule has 0 fully saturated rings. The van der Waals surface area contributed by atoms with Crippen LogP contribution in [0.15, 0.2) is 18.5 Å². The van der Waals surface area contributed by atoms with Crippen LogP contribution in [0.1, 0.15) is 30.4 Å². The Hall–Kier alpha value is -0.930. The number of nitrogens with zero attached hydrogens (tertiary/aromatic N) is 2. The van der Waals surface area contributed by atoms with E-state index in [0.717, 1.165) is 32.4 Å². The molecule has 0 unspecified atom stereocenters. The van der Waals surface area contributed by atoms with Crippen LogP contribution in [0, 0.1) is 6.92 Å². The van der Waals surface area contributed by atoms with Gasteiger partial charge in [-0.2, -0.15) is 0 Å². The van der Waals surface area contributed by atoms with Crippen LogP contribution in [0.2, 0.25) is 0 Å². The van der Waals surface area contributed by atoms with Gasteiger partial charge in [-0.1, -0.05) is 6.07 Å². The highest BCUT2D eigenvalue weighted by Crippen LogP contribution is 2.05. The molecule has 0 aliphatic rings. The zero-order valence-corrected chi connectivity index (χ0v) is 10.3. The van der Waals surface area contributed by atoms with E-state index in [4.69, 9.17) is 5.11 Å². The molecule has 1 heterocycles. The minimum atomic E-state index is 0.311. The molecule has 3 heteroatoms. The fourth-order valence-corrected chi connectivity index (χ4v) is 1.77. The van der Waals surface area contributed by atoms with Gasteiger partial charge in [0.2, 0.25) is 0 Å². The number of unbranched alkanes of at least 4 members (excludes halogenated alkanes) is 2. The van der Waals surface area contributed by atoms with Gasteiger partial charge < -0.3 is 10.0 Å². The molecule has 0 bridgehead atoms. The largest absolute Gasteiger partial charge is 0.396 e. The zero-order chi connectivity index (χ0) is 11.8. The number of aromatic nitrogens is 1. The van der Waals surface area contributed by atoms with Crippen molar-refractivity contribution in [3.63, 3.8) is 0 Å². The van der Waals surface area contributed by atoms with Gasteiger partial charge in [0.05, 0.1) is 0 Å². The third kappa shape index (κ3) is 5.24. The quantitative estimate of drug-likeness (QED) is 0.717. The monoisotopic (exact) mass is 222 g/mol. The van der Waals surface area contributed by atoms with E-state index in [-0.39, 0.29) is 0 Å². The highest BCUT2D eigenvalue weighted by Gasteiger charge is 2.00. The van der Waals surface area contributed by atoms with Gasteiger partial charge in [0.1, 0.15) is 0 Å². The van der Waals surface area contributed by atoms with Gasteiger partial charge in [-0.15, -0.1) is 0 Å². The van der Waals surface area contributed by atoms with E-state index in [2.05, 4.69) is 29.9 Å². The third-order valence-electron chi connectivity index (χ3n) is 2.58. The zero-order valence-electron chi connectivity index (χ0n) is 10.3. The van der Waals surface area contributed by atoms with Crippen LogP contribution in [-0.2, 0) is 6.54 Å². The average molecular weight is 222 g/mol. The van der Waals surface area contributed by atoms with Gasteiger partial charge in [-0.05, 0) is 50.9 Å². The normalized spacial score (nSPS) is 11.0. The molecule has 0 aliphatic carbocycles. The first-order chi connectivity index (χ1) is 7.72. The van der Waals surface area contributed by atoms with Crippen LogP contribution in [0.4, 0.5) is 0 Å².